The van der Waals surface area contributed by atoms with Gasteiger partial charge in [0.15, 0.2) is 0 Å². The van der Waals surface area contributed by atoms with Crippen LogP contribution in [0.15, 0.2) is 42.7 Å². The lowest BCUT2D eigenvalue weighted by Crippen LogP contribution is -2.65. The van der Waals surface area contributed by atoms with E-state index in [9.17, 15) is 28.1 Å². The van der Waals surface area contributed by atoms with E-state index in [1.807, 2.05) is 37.3 Å². The van der Waals surface area contributed by atoms with Crippen molar-refractivity contribution in [3.63, 3.8) is 0 Å². The molecule has 3 aliphatic carbocycles. The van der Waals surface area contributed by atoms with Crippen molar-refractivity contribution in [1.29, 1.82) is 0 Å². The molecule has 14 nitrogen and oxygen atoms in total. The van der Waals surface area contributed by atoms with Gasteiger partial charge < -0.3 is 29.6 Å². The van der Waals surface area contributed by atoms with Gasteiger partial charge in [-0.2, -0.15) is 0 Å². The number of nitrogens with zero attached hydrogens (tertiary/aromatic N) is 4. The Labute approximate surface area is 300 Å². The second kappa shape index (κ2) is 15.0. The van der Waals surface area contributed by atoms with Crippen LogP contribution in [-0.2, 0) is 41.9 Å². The fourth-order valence-electron chi connectivity index (χ4n) is 8.90. The Morgan fingerprint density at radius 3 is 2.65 bits per heavy atom. The van der Waals surface area contributed by atoms with Crippen LogP contribution in [0.3, 0.4) is 0 Å². The Bertz CT molecular complexity index is 1690. The number of benzene rings is 1. The summed E-state index contributed by atoms with van der Waals surface area (Å²) in [7, 11) is -4.49. The highest BCUT2D eigenvalue weighted by atomic mass is 32.2. The van der Waals surface area contributed by atoms with Crippen molar-refractivity contribution in [3.05, 3.63) is 58.4 Å². The largest absolute Gasteiger partial charge is 0.481 e. The topological polar surface area (TPSA) is 175 Å². The molecular formula is C35H51BN6O8S. The van der Waals surface area contributed by atoms with Crippen LogP contribution in [0.4, 0.5) is 5.95 Å². The van der Waals surface area contributed by atoms with Crippen LogP contribution < -0.4 is 10.0 Å². The van der Waals surface area contributed by atoms with E-state index >= 15 is 0 Å². The highest BCUT2D eigenvalue weighted by molar-refractivity contribution is 7.89. The molecule has 5 fully saturated rings. The summed E-state index contributed by atoms with van der Waals surface area (Å²) in [6.45, 7) is 9.20. The van der Waals surface area contributed by atoms with E-state index in [0.717, 1.165) is 18.4 Å². The number of sulfonamides is 1. The molecule has 2 saturated heterocycles. The van der Waals surface area contributed by atoms with Crippen molar-refractivity contribution in [2.45, 2.75) is 122 Å². The van der Waals surface area contributed by atoms with Crippen LogP contribution in [-0.4, -0.2) is 88.8 Å². The number of imidazole rings is 1. The molecule has 2 N–H and O–H groups in total. The average molecular weight is 727 g/mol. The molecule has 2 aromatic rings. The van der Waals surface area contributed by atoms with Gasteiger partial charge in [0.1, 0.15) is 24.5 Å². The molecule has 7 rings (SSSR count). The van der Waals surface area contributed by atoms with E-state index in [0.29, 0.717) is 63.5 Å². The molecular weight excluding hydrogens is 675 g/mol. The zero-order valence-corrected chi connectivity index (χ0v) is 30.8. The van der Waals surface area contributed by atoms with Gasteiger partial charge in [-0.15, -0.1) is 0 Å². The maximum absolute atomic E-state index is 14.2. The zero-order valence-electron chi connectivity index (χ0n) is 30.0. The smallest absolute Gasteiger partial charge is 0.404 e. The minimum Gasteiger partial charge on any atom is -0.404 e. The van der Waals surface area contributed by atoms with Gasteiger partial charge in [-0.1, -0.05) is 62.5 Å². The summed E-state index contributed by atoms with van der Waals surface area (Å²) in [6, 6.07) is 7.37. The van der Waals surface area contributed by atoms with Gasteiger partial charge in [0.25, 0.3) is 0 Å². The molecule has 7 atom stereocenters. The van der Waals surface area contributed by atoms with Crippen molar-refractivity contribution < 1.29 is 32.2 Å². The fourth-order valence-corrected chi connectivity index (χ4v) is 10.3. The maximum Gasteiger partial charge on any atom is 0.481 e. The SMILES string of the molecule is CCCCS(=O)(=O)N[C@H](Cc1ccccc1)C(=O)N1CCC[C@H]1C(=O)N[C@@H](CCCn1ccnc1[N+](=O)[O-])B1O[C@@H]2CC3CC(C3(C)C)[C@]2(C)O1. The molecule has 3 heterocycles. The Hall–Kier alpha value is -3.34. The first-order valence-electron chi connectivity index (χ1n) is 18.4. The van der Waals surface area contributed by atoms with Gasteiger partial charge in [-0.25, -0.2) is 17.7 Å². The lowest BCUT2D eigenvalue weighted by Gasteiger charge is -2.64. The second-order valence-corrected chi connectivity index (χ2v) is 17.4. The number of carbonyl (C=O) groups excluding carboxylic acids is 2. The minimum absolute atomic E-state index is 0.0873. The molecule has 2 aliphatic heterocycles. The van der Waals surface area contributed by atoms with E-state index in [2.05, 4.69) is 35.8 Å². The molecule has 2 unspecified atom stereocenters. The van der Waals surface area contributed by atoms with Gasteiger partial charge in [0.05, 0.1) is 29.9 Å². The number of likely N-dealkylation sites (tertiary alicyclic amines) is 1. The van der Waals surface area contributed by atoms with Crippen molar-refractivity contribution >= 4 is 34.9 Å². The first kappa shape index (κ1) is 37.4. The summed E-state index contributed by atoms with van der Waals surface area (Å²) in [6.07, 6.45) is 7.99. The molecule has 3 saturated carbocycles. The number of hydrogen-bond donors (Lipinski definition) is 2. The molecule has 1 aromatic carbocycles. The Morgan fingerprint density at radius 2 is 1.94 bits per heavy atom. The molecule has 16 heteroatoms. The van der Waals surface area contributed by atoms with Crippen molar-refractivity contribution in [2.75, 3.05) is 12.3 Å². The predicted molar refractivity (Wildman–Crippen MR) is 191 cm³/mol. The predicted octanol–water partition coefficient (Wildman–Crippen LogP) is 3.65. The number of nitro groups is 1. The Kier molecular flexibility index (Phi) is 11.0. The van der Waals surface area contributed by atoms with Crippen LogP contribution >= 0.6 is 0 Å². The summed E-state index contributed by atoms with van der Waals surface area (Å²) < 4.78 is 43.5. The van der Waals surface area contributed by atoms with Crippen LogP contribution in [0.2, 0.25) is 0 Å². The second-order valence-electron chi connectivity index (χ2n) is 15.5. The monoisotopic (exact) mass is 726 g/mol. The van der Waals surface area contributed by atoms with Crippen molar-refractivity contribution in [3.8, 4) is 0 Å². The lowest BCUT2D eigenvalue weighted by atomic mass is 9.43. The summed E-state index contributed by atoms with van der Waals surface area (Å²) in [5.41, 5.74) is 0.421. The van der Waals surface area contributed by atoms with E-state index in [1.165, 1.54) is 15.7 Å². The molecule has 51 heavy (non-hydrogen) atoms. The van der Waals surface area contributed by atoms with Crippen LogP contribution in [0.5, 0.6) is 0 Å². The Morgan fingerprint density at radius 1 is 1.18 bits per heavy atom. The molecule has 2 amide bonds. The lowest BCUT2D eigenvalue weighted by molar-refractivity contribution is -0.396. The number of carbonyl (C=O) groups is 2. The van der Waals surface area contributed by atoms with Crippen LogP contribution in [0.1, 0.15) is 84.6 Å². The van der Waals surface area contributed by atoms with Gasteiger partial charge in [-0.05, 0) is 86.0 Å². The van der Waals surface area contributed by atoms with E-state index in [4.69, 9.17) is 9.31 Å². The third kappa shape index (κ3) is 7.74. The highest BCUT2D eigenvalue weighted by Gasteiger charge is 2.68. The maximum atomic E-state index is 14.2. The zero-order chi connectivity index (χ0) is 36.6. The van der Waals surface area contributed by atoms with Crippen molar-refractivity contribution in [2.24, 2.45) is 17.3 Å². The molecule has 278 valence electrons. The summed E-state index contributed by atoms with van der Waals surface area (Å²) in [5, 5.41) is 14.6. The summed E-state index contributed by atoms with van der Waals surface area (Å²) in [4.78, 5) is 44.6. The third-order valence-corrected chi connectivity index (χ3v) is 13.4. The van der Waals surface area contributed by atoms with Crippen molar-refractivity contribution in [1.82, 2.24) is 24.5 Å². The number of rotatable bonds is 16. The number of nitrogens with one attached hydrogen (secondary N) is 2. The van der Waals surface area contributed by atoms with E-state index in [-0.39, 0.29) is 35.5 Å². The highest BCUT2D eigenvalue weighted by Crippen LogP contribution is 2.65. The summed E-state index contributed by atoms with van der Waals surface area (Å²) in [5.74, 6) is -0.866. The fraction of sp³-hybridized carbons (Fsp3) is 0.686. The molecule has 2 bridgehead atoms. The standard InChI is InChI=1S/C35H51BN6O8S/c1-5-6-20-51(47,48)39-26(21-24-12-8-7-9-13-24)32(44)41-18-10-14-27(41)31(43)38-30(15-11-17-40-19-16-37-33(40)42(45)46)36-49-29-23-25-22-28(34(25,2)3)35(29,4)50-36/h7-9,12-13,16,19,25-30,39H,5-6,10-11,14-15,17-18,20-23H2,1-4H3,(H,38,43)/t25?,26-,27+,28?,29-,30+,35+/m1/s1. The third-order valence-electron chi connectivity index (χ3n) is 11.9. The number of amides is 2. The van der Waals surface area contributed by atoms with Crippen LogP contribution in [0.25, 0.3) is 0 Å². The van der Waals surface area contributed by atoms with Crippen LogP contribution in [0, 0.1) is 27.4 Å². The molecule has 1 aromatic heterocycles. The van der Waals surface area contributed by atoms with Gasteiger partial charge in [0, 0.05) is 6.54 Å². The summed E-state index contributed by atoms with van der Waals surface area (Å²) >= 11 is 0. The van der Waals surface area contributed by atoms with E-state index < -0.39 is 51.6 Å². The normalized spacial score (nSPS) is 27.8. The van der Waals surface area contributed by atoms with Gasteiger partial charge in [-0.3, -0.25) is 9.59 Å². The molecule has 5 aliphatic rings. The molecule has 0 spiro atoms. The first-order chi connectivity index (χ1) is 24.2. The van der Waals surface area contributed by atoms with Gasteiger partial charge in [0.2, 0.25) is 21.8 Å². The number of aryl methyl sites for hydroxylation is 1. The van der Waals surface area contributed by atoms with E-state index in [1.54, 1.807) is 6.20 Å². The van der Waals surface area contributed by atoms with Gasteiger partial charge >= 0.3 is 13.1 Å². The molecule has 0 radical (unpaired) electrons. The Balaban J connectivity index is 1.19. The number of hydrogen-bond acceptors (Lipinski definition) is 9. The minimum atomic E-state index is -3.75. The number of unbranched alkanes of at least 4 members (excludes halogenated alkanes) is 1. The first-order valence-corrected chi connectivity index (χ1v) is 20.0. The number of aromatic nitrogens is 2. The quantitative estimate of drug-likeness (QED) is 0.149. The average Bonchev–Trinajstić information content (AvgIpc) is 3.85.